The smallest absolute Gasteiger partial charge is 0.318 e. The van der Waals surface area contributed by atoms with Crippen LogP contribution in [-0.4, -0.2) is 43.6 Å². The van der Waals surface area contributed by atoms with E-state index in [1.165, 1.54) is 30.2 Å². The van der Waals surface area contributed by atoms with Crippen LogP contribution in [0.1, 0.15) is 36.8 Å². The molecule has 0 amide bonds. The molecular formula is C24H26N4O4S2. The zero-order chi connectivity index (χ0) is 24.1. The minimum Gasteiger partial charge on any atom is -0.468 e. The first-order chi connectivity index (χ1) is 16.3. The maximum absolute atomic E-state index is 14.0. The van der Waals surface area contributed by atoms with Crippen LogP contribution in [0, 0.1) is 12.8 Å². The maximum Gasteiger partial charge on any atom is 0.318 e. The van der Waals surface area contributed by atoms with Crippen molar-refractivity contribution in [2.24, 2.45) is 5.92 Å². The predicted molar refractivity (Wildman–Crippen MR) is 133 cm³/mol. The average Bonchev–Trinajstić information content (AvgIpc) is 3.40. The molecule has 0 saturated carbocycles. The van der Waals surface area contributed by atoms with Gasteiger partial charge < -0.3 is 9.47 Å². The number of thioether (sulfide) groups is 1. The molecule has 3 aromatic heterocycles. The molecule has 1 aliphatic rings. The lowest BCUT2D eigenvalue weighted by Gasteiger charge is -2.26. The summed E-state index contributed by atoms with van der Waals surface area (Å²) in [5.74, 6) is 0.414. The fourth-order valence-corrected chi connectivity index (χ4v) is 6.42. The molecule has 0 aliphatic carbocycles. The van der Waals surface area contributed by atoms with Gasteiger partial charge in [0.2, 0.25) is 5.78 Å². The van der Waals surface area contributed by atoms with Crippen LogP contribution in [0.2, 0.25) is 0 Å². The van der Waals surface area contributed by atoms with Crippen LogP contribution < -0.4 is 5.56 Å². The van der Waals surface area contributed by atoms with Crippen molar-refractivity contribution in [3.05, 3.63) is 50.6 Å². The number of hydrogen-bond acceptors (Lipinski definition) is 8. The van der Waals surface area contributed by atoms with E-state index in [1.54, 1.807) is 11.5 Å². The van der Waals surface area contributed by atoms with E-state index in [-0.39, 0.29) is 17.6 Å². The topological polar surface area (TPSA) is 87.7 Å². The first-order valence-corrected chi connectivity index (χ1v) is 12.9. The molecule has 0 bridgehead atoms. The third kappa shape index (κ3) is 3.73. The number of hydrogen-bond donors (Lipinski definition) is 0. The number of esters is 1. The van der Waals surface area contributed by atoms with E-state index in [9.17, 15) is 9.59 Å². The van der Waals surface area contributed by atoms with E-state index in [4.69, 9.17) is 9.47 Å². The van der Waals surface area contributed by atoms with Gasteiger partial charge in [0, 0.05) is 11.3 Å². The Balaban J connectivity index is 1.81. The summed E-state index contributed by atoms with van der Waals surface area (Å²) in [4.78, 5) is 27.9. The van der Waals surface area contributed by atoms with Crippen molar-refractivity contribution in [2.45, 2.75) is 57.2 Å². The van der Waals surface area contributed by atoms with Gasteiger partial charge in [-0.25, -0.2) is 8.97 Å². The second kappa shape index (κ2) is 8.83. The Hall–Kier alpha value is -2.69. The highest BCUT2D eigenvalue weighted by Crippen LogP contribution is 2.38. The Morgan fingerprint density at radius 1 is 1.24 bits per heavy atom. The molecule has 4 heterocycles. The van der Waals surface area contributed by atoms with Crippen LogP contribution >= 0.6 is 23.1 Å². The monoisotopic (exact) mass is 498 g/mol. The van der Waals surface area contributed by atoms with Gasteiger partial charge in [0.15, 0.2) is 5.16 Å². The number of ether oxygens (including phenoxy) is 2. The summed E-state index contributed by atoms with van der Waals surface area (Å²) < 4.78 is 14.5. The Kier molecular flexibility index (Phi) is 5.99. The molecule has 2 unspecified atom stereocenters. The third-order valence-electron chi connectivity index (χ3n) is 6.19. The minimum absolute atomic E-state index is 0.0577. The summed E-state index contributed by atoms with van der Waals surface area (Å²) in [6.07, 6.45) is 0.743. The largest absolute Gasteiger partial charge is 0.468 e. The first-order valence-electron chi connectivity index (χ1n) is 11.2. The van der Waals surface area contributed by atoms with Gasteiger partial charge in [-0.3, -0.25) is 9.59 Å². The lowest BCUT2D eigenvalue weighted by atomic mass is 9.96. The standard InChI is InChI=1S/C24H26N4O4S2/c1-12(2)17-10-16-18(11-32-17)34-21-19(16)20(29)27(15-8-6-13(3)7-9-15)23-25-26-24(28(21)23)33-14(4)22(30)31-5/h6-9,12,14,17H,10-11H2,1-5H3. The molecule has 2 atom stereocenters. The number of carbonyl (C=O) groups excluding carboxylic acids is 1. The summed E-state index contributed by atoms with van der Waals surface area (Å²) in [5, 5.41) is 9.51. The van der Waals surface area contributed by atoms with Crippen molar-refractivity contribution in [3.63, 3.8) is 0 Å². The number of methoxy groups -OCH3 is 1. The molecule has 1 aliphatic heterocycles. The van der Waals surface area contributed by atoms with Crippen molar-refractivity contribution in [1.82, 2.24) is 19.2 Å². The van der Waals surface area contributed by atoms with Gasteiger partial charge in [-0.1, -0.05) is 43.3 Å². The summed E-state index contributed by atoms with van der Waals surface area (Å²) in [6, 6.07) is 7.78. The lowest BCUT2D eigenvalue weighted by molar-refractivity contribution is -0.139. The van der Waals surface area contributed by atoms with E-state index in [0.29, 0.717) is 35.3 Å². The third-order valence-corrected chi connectivity index (χ3v) is 8.41. The Labute approximate surface area is 204 Å². The number of rotatable bonds is 5. The van der Waals surface area contributed by atoms with E-state index in [1.807, 2.05) is 35.6 Å². The Morgan fingerprint density at radius 2 is 1.97 bits per heavy atom. The SMILES string of the molecule is COC(=O)C(C)Sc1nnc2n(-c3ccc(C)cc3)c(=O)c3c4c(sc3n12)COC(C(C)C)C4. The summed E-state index contributed by atoms with van der Waals surface area (Å²) >= 11 is 2.80. The minimum atomic E-state index is -0.476. The second-order valence-corrected chi connectivity index (χ2v) is 11.3. The van der Waals surface area contributed by atoms with Crippen LogP contribution in [0.25, 0.3) is 21.7 Å². The summed E-state index contributed by atoms with van der Waals surface area (Å²) in [5.41, 5.74) is 2.75. The molecule has 8 nitrogen and oxygen atoms in total. The number of benzene rings is 1. The average molecular weight is 499 g/mol. The van der Waals surface area contributed by atoms with E-state index < -0.39 is 5.25 Å². The predicted octanol–water partition coefficient (Wildman–Crippen LogP) is 4.15. The second-order valence-electron chi connectivity index (χ2n) is 8.86. The maximum atomic E-state index is 14.0. The molecular weight excluding hydrogens is 472 g/mol. The quantitative estimate of drug-likeness (QED) is 0.302. The molecule has 5 rings (SSSR count). The number of nitrogens with zero attached hydrogens (tertiary/aromatic N) is 4. The zero-order valence-electron chi connectivity index (χ0n) is 19.7. The van der Waals surface area contributed by atoms with Crippen LogP contribution in [0.3, 0.4) is 0 Å². The molecule has 0 spiro atoms. The van der Waals surface area contributed by atoms with Crippen LogP contribution in [-0.2, 0) is 27.3 Å². The van der Waals surface area contributed by atoms with Crippen molar-refractivity contribution in [3.8, 4) is 5.69 Å². The van der Waals surface area contributed by atoms with Gasteiger partial charge >= 0.3 is 5.97 Å². The van der Waals surface area contributed by atoms with E-state index in [2.05, 4.69) is 24.0 Å². The molecule has 4 aromatic rings. The molecule has 10 heteroatoms. The Morgan fingerprint density at radius 3 is 2.65 bits per heavy atom. The van der Waals surface area contributed by atoms with Crippen molar-refractivity contribution in [1.29, 1.82) is 0 Å². The van der Waals surface area contributed by atoms with Gasteiger partial charge in [-0.2, -0.15) is 0 Å². The number of carbonyl (C=O) groups is 1. The number of aromatic nitrogens is 4. The van der Waals surface area contributed by atoms with Gasteiger partial charge in [-0.15, -0.1) is 21.5 Å². The fraction of sp³-hybridized carbons (Fsp3) is 0.417. The van der Waals surface area contributed by atoms with Gasteiger partial charge in [0.1, 0.15) is 10.1 Å². The lowest BCUT2D eigenvalue weighted by Crippen LogP contribution is -2.28. The first kappa shape index (κ1) is 23.1. The van der Waals surface area contributed by atoms with E-state index >= 15 is 0 Å². The van der Waals surface area contributed by atoms with Gasteiger partial charge in [0.25, 0.3) is 5.56 Å². The highest BCUT2D eigenvalue weighted by Gasteiger charge is 2.30. The molecule has 0 saturated heterocycles. The molecule has 0 fully saturated rings. The van der Waals surface area contributed by atoms with Gasteiger partial charge in [0.05, 0.1) is 30.9 Å². The van der Waals surface area contributed by atoms with Crippen molar-refractivity contribution < 1.29 is 14.3 Å². The summed E-state index contributed by atoms with van der Waals surface area (Å²) in [7, 11) is 1.37. The normalized spacial score (nSPS) is 16.8. The van der Waals surface area contributed by atoms with E-state index in [0.717, 1.165) is 26.5 Å². The highest BCUT2D eigenvalue weighted by atomic mass is 32.2. The Bertz CT molecular complexity index is 1450. The number of aryl methyl sites for hydroxylation is 1. The molecule has 1 aromatic carbocycles. The molecule has 0 N–H and O–H groups in total. The van der Waals surface area contributed by atoms with Gasteiger partial charge in [-0.05, 0) is 37.5 Å². The number of thiophene rings is 1. The van der Waals surface area contributed by atoms with Crippen molar-refractivity contribution >= 4 is 45.1 Å². The van der Waals surface area contributed by atoms with Crippen molar-refractivity contribution in [2.75, 3.05) is 7.11 Å². The highest BCUT2D eigenvalue weighted by molar-refractivity contribution is 8.00. The van der Waals surface area contributed by atoms with Crippen LogP contribution in [0.4, 0.5) is 0 Å². The van der Waals surface area contributed by atoms with Crippen LogP contribution in [0.15, 0.2) is 34.2 Å². The number of fused-ring (bicyclic) bond motifs is 5. The molecule has 178 valence electrons. The molecule has 34 heavy (non-hydrogen) atoms. The fourth-order valence-electron chi connectivity index (χ4n) is 4.24. The molecule has 0 radical (unpaired) electrons. The zero-order valence-corrected chi connectivity index (χ0v) is 21.3. The van der Waals surface area contributed by atoms with Crippen LogP contribution in [0.5, 0.6) is 0 Å². The summed E-state index contributed by atoms with van der Waals surface area (Å²) in [6.45, 7) is 8.52.